The third kappa shape index (κ3) is 4.48. The van der Waals surface area contributed by atoms with Crippen molar-refractivity contribution in [2.45, 2.75) is 25.3 Å². The molecule has 0 aromatic heterocycles. The van der Waals surface area contributed by atoms with Gasteiger partial charge >= 0.3 is 0 Å². The van der Waals surface area contributed by atoms with Crippen LogP contribution in [0.2, 0.25) is 0 Å². The summed E-state index contributed by atoms with van der Waals surface area (Å²) >= 11 is 1.64. The van der Waals surface area contributed by atoms with E-state index in [1.807, 2.05) is 12.1 Å². The van der Waals surface area contributed by atoms with Crippen LogP contribution in [-0.4, -0.2) is 24.6 Å². The van der Waals surface area contributed by atoms with E-state index in [2.05, 4.69) is 53.6 Å². The summed E-state index contributed by atoms with van der Waals surface area (Å²) in [5.74, 6) is 1.91. The van der Waals surface area contributed by atoms with E-state index < -0.39 is 0 Å². The van der Waals surface area contributed by atoms with Crippen LogP contribution in [0.4, 0.5) is 5.69 Å². The molecule has 2 aromatic rings. The van der Waals surface area contributed by atoms with Crippen LogP contribution in [0.15, 0.2) is 53.5 Å². The Balaban J connectivity index is 1.62. The zero-order chi connectivity index (χ0) is 17.7. The summed E-state index contributed by atoms with van der Waals surface area (Å²) in [5, 5.41) is 4.20. The van der Waals surface area contributed by atoms with Crippen LogP contribution in [0, 0.1) is 0 Å². The maximum Gasteiger partial charge on any atom is 0.154 e. The molecule has 1 atom stereocenters. The van der Waals surface area contributed by atoms with E-state index in [0.29, 0.717) is 5.17 Å². The molecule has 3 rings (SSSR count). The first-order valence-electron chi connectivity index (χ1n) is 8.54. The van der Waals surface area contributed by atoms with Crippen molar-refractivity contribution in [3.8, 4) is 5.75 Å². The van der Waals surface area contributed by atoms with Gasteiger partial charge in [-0.25, -0.2) is 0 Å². The highest BCUT2D eigenvalue weighted by atomic mass is 32.2. The summed E-state index contributed by atoms with van der Waals surface area (Å²) in [7, 11) is 1.69. The summed E-state index contributed by atoms with van der Waals surface area (Å²) < 4.78 is 5.19. The number of anilines is 1. The standard InChI is InChI=1S/C20H25N3OS/c1-20(11-13-25-19(21)23-20)16-4-3-5-17(14-16)22-12-10-15-6-8-18(24-2)9-7-15/h3-9,14,22H,10-13H2,1-2H3,(H2,21,23). The van der Waals surface area contributed by atoms with Gasteiger partial charge in [0.05, 0.1) is 12.6 Å². The van der Waals surface area contributed by atoms with Crippen LogP contribution in [0.5, 0.6) is 5.75 Å². The molecule has 0 radical (unpaired) electrons. The van der Waals surface area contributed by atoms with Crippen molar-refractivity contribution in [3.05, 3.63) is 59.7 Å². The highest BCUT2D eigenvalue weighted by molar-refractivity contribution is 8.13. The van der Waals surface area contributed by atoms with Gasteiger partial charge < -0.3 is 15.8 Å². The maximum absolute atomic E-state index is 5.94. The molecule has 0 bridgehead atoms. The summed E-state index contributed by atoms with van der Waals surface area (Å²) in [6, 6.07) is 16.7. The van der Waals surface area contributed by atoms with E-state index in [-0.39, 0.29) is 5.54 Å². The Bertz CT molecular complexity index is 745. The first-order chi connectivity index (χ1) is 12.1. The summed E-state index contributed by atoms with van der Waals surface area (Å²) in [6.07, 6.45) is 1.97. The molecule has 0 fully saturated rings. The second-order valence-electron chi connectivity index (χ2n) is 6.43. The molecule has 25 heavy (non-hydrogen) atoms. The van der Waals surface area contributed by atoms with E-state index in [1.165, 1.54) is 11.1 Å². The molecule has 0 amide bonds. The Morgan fingerprint density at radius 1 is 1.24 bits per heavy atom. The van der Waals surface area contributed by atoms with Gasteiger partial charge in [-0.05, 0) is 55.2 Å². The molecule has 1 unspecified atom stereocenters. The molecule has 1 aliphatic rings. The normalized spacial score (nSPS) is 20.0. The number of hydrogen-bond acceptors (Lipinski definition) is 5. The zero-order valence-corrected chi connectivity index (χ0v) is 15.6. The minimum Gasteiger partial charge on any atom is -0.497 e. The van der Waals surface area contributed by atoms with Crippen molar-refractivity contribution >= 4 is 22.6 Å². The van der Waals surface area contributed by atoms with Crippen molar-refractivity contribution in [3.63, 3.8) is 0 Å². The predicted molar refractivity (Wildman–Crippen MR) is 108 cm³/mol. The number of methoxy groups -OCH3 is 1. The van der Waals surface area contributed by atoms with E-state index >= 15 is 0 Å². The Morgan fingerprint density at radius 3 is 2.76 bits per heavy atom. The van der Waals surface area contributed by atoms with E-state index in [4.69, 9.17) is 10.5 Å². The molecule has 0 saturated carbocycles. The number of benzene rings is 2. The number of ether oxygens (including phenoxy) is 1. The fourth-order valence-corrected chi connectivity index (χ4v) is 3.98. The average molecular weight is 356 g/mol. The second kappa shape index (κ2) is 7.83. The lowest BCUT2D eigenvalue weighted by Gasteiger charge is -2.30. The van der Waals surface area contributed by atoms with Gasteiger partial charge in [0.1, 0.15) is 5.75 Å². The number of hydrogen-bond donors (Lipinski definition) is 2. The molecule has 3 N–H and O–H groups in total. The highest BCUT2D eigenvalue weighted by Crippen LogP contribution is 2.35. The molecule has 1 aliphatic heterocycles. The quantitative estimate of drug-likeness (QED) is 0.822. The Kier molecular flexibility index (Phi) is 5.53. The predicted octanol–water partition coefficient (Wildman–Crippen LogP) is 4.02. The molecule has 0 aliphatic carbocycles. The topological polar surface area (TPSA) is 59.6 Å². The molecular weight excluding hydrogens is 330 g/mol. The Labute approximate surface area is 153 Å². The van der Waals surface area contributed by atoms with Gasteiger partial charge in [0.25, 0.3) is 0 Å². The fraction of sp³-hybridized carbons (Fsp3) is 0.350. The number of rotatable bonds is 6. The second-order valence-corrected chi connectivity index (χ2v) is 7.54. The Morgan fingerprint density at radius 2 is 2.04 bits per heavy atom. The fourth-order valence-electron chi connectivity index (χ4n) is 3.00. The van der Waals surface area contributed by atoms with Crippen molar-refractivity contribution in [1.82, 2.24) is 0 Å². The van der Waals surface area contributed by atoms with Crippen molar-refractivity contribution in [2.24, 2.45) is 10.7 Å². The summed E-state index contributed by atoms with van der Waals surface area (Å²) in [4.78, 5) is 4.69. The third-order valence-electron chi connectivity index (χ3n) is 4.58. The van der Waals surface area contributed by atoms with Crippen LogP contribution in [0.1, 0.15) is 24.5 Å². The van der Waals surface area contributed by atoms with Crippen LogP contribution >= 0.6 is 11.8 Å². The summed E-state index contributed by atoms with van der Waals surface area (Å²) in [5.41, 5.74) is 9.35. The lowest BCUT2D eigenvalue weighted by atomic mass is 9.89. The van der Waals surface area contributed by atoms with Gasteiger partial charge in [-0.3, -0.25) is 4.99 Å². The van der Waals surface area contributed by atoms with Gasteiger partial charge in [-0.15, -0.1) is 0 Å². The zero-order valence-electron chi connectivity index (χ0n) is 14.8. The number of nitrogens with zero attached hydrogens (tertiary/aromatic N) is 1. The number of amidine groups is 1. The monoisotopic (exact) mass is 355 g/mol. The lowest BCUT2D eigenvalue weighted by Crippen LogP contribution is -2.28. The molecule has 0 spiro atoms. The average Bonchev–Trinajstić information content (AvgIpc) is 2.62. The number of thioether (sulfide) groups is 1. The minimum atomic E-state index is -0.219. The number of aliphatic imine (C=N–C) groups is 1. The van der Waals surface area contributed by atoms with Gasteiger partial charge in [-0.2, -0.15) is 0 Å². The first-order valence-corrected chi connectivity index (χ1v) is 9.53. The number of nitrogens with two attached hydrogens (primary N) is 1. The highest BCUT2D eigenvalue weighted by Gasteiger charge is 2.29. The minimum absolute atomic E-state index is 0.219. The van der Waals surface area contributed by atoms with Crippen LogP contribution in [0.25, 0.3) is 0 Å². The van der Waals surface area contributed by atoms with E-state index in [9.17, 15) is 0 Å². The smallest absolute Gasteiger partial charge is 0.154 e. The van der Waals surface area contributed by atoms with Crippen LogP contribution < -0.4 is 15.8 Å². The van der Waals surface area contributed by atoms with Crippen molar-refractivity contribution < 1.29 is 4.74 Å². The van der Waals surface area contributed by atoms with Gasteiger partial charge in [0.15, 0.2) is 5.17 Å². The molecule has 132 valence electrons. The summed E-state index contributed by atoms with van der Waals surface area (Å²) in [6.45, 7) is 3.05. The van der Waals surface area contributed by atoms with Crippen LogP contribution in [-0.2, 0) is 12.0 Å². The van der Waals surface area contributed by atoms with Crippen molar-refractivity contribution in [2.75, 3.05) is 24.7 Å². The van der Waals surface area contributed by atoms with Gasteiger partial charge in [0.2, 0.25) is 0 Å². The third-order valence-corrected chi connectivity index (χ3v) is 5.38. The molecule has 4 nitrogen and oxygen atoms in total. The van der Waals surface area contributed by atoms with Crippen LogP contribution in [0.3, 0.4) is 0 Å². The first kappa shape index (κ1) is 17.7. The number of nitrogens with one attached hydrogen (secondary N) is 1. The SMILES string of the molecule is COc1ccc(CCNc2cccc(C3(C)CCSC(N)=N3)c2)cc1. The lowest BCUT2D eigenvalue weighted by molar-refractivity contribution is 0.414. The molecule has 5 heteroatoms. The molecular formula is C20H25N3OS. The van der Waals surface area contributed by atoms with Crippen molar-refractivity contribution in [1.29, 1.82) is 0 Å². The van der Waals surface area contributed by atoms with E-state index in [0.717, 1.165) is 36.6 Å². The molecule has 0 saturated heterocycles. The molecule has 2 aromatic carbocycles. The largest absolute Gasteiger partial charge is 0.497 e. The van der Waals surface area contributed by atoms with Gasteiger partial charge in [-0.1, -0.05) is 36.0 Å². The molecule has 1 heterocycles. The maximum atomic E-state index is 5.94. The van der Waals surface area contributed by atoms with E-state index in [1.54, 1.807) is 18.9 Å². The Hall–Kier alpha value is -2.14. The van der Waals surface area contributed by atoms with Gasteiger partial charge in [0, 0.05) is 18.0 Å².